The maximum absolute atomic E-state index is 12.6. The summed E-state index contributed by atoms with van der Waals surface area (Å²) >= 11 is 1.55. The van der Waals surface area contributed by atoms with Gasteiger partial charge in [-0.25, -0.2) is 8.42 Å². The van der Waals surface area contributed by atoms with Gasteiger partial charge in [-0.2, -0.15) is 4.31 Å². The molecule has 25 heavy (non-hydrogen) atoms. The zero-order valence-corrected chi connectivity index (χ0v) is 15.9. The summed E-state index contributed by atoms with van der Waals surface area (Å²) in [7, 11) is -3.74. The van der Waals surface area contributed by atoms with Gasteiger partial charge in [0.05, 0.1) is 15.9 Å². The number of nitrogens with one attached hydrogen (secondary N) is 1. The molecule has 0 amide bonds. The summed E-state index contributed by atoms with van der Waals surface area (Å²) < 4.78 is 26.4. The zero-order chi connectivity index (χ0) is 18.6. The van der Waals surface area contributed by atoms with Crippen LogP contribution >= 0.6 is 11.3 Å². The molecule has 7 nitrogen and oxygen atoms in total. The Hall–Kier alpha value is -1.97. The van der Waals surface area contributed by atoms with Gasteiger partial charge in [0.2, 0.25) is 10.0 Å². The van der Waals surface area contributed by atoms with Gasteiger partial charge in [0.15, 0.2) is 0 Å². The summed E-state index contributed by atoms with van der Waals surface area (Å²) in [5.41, 5.74) is 0.0426. The van der Waals surface area contributed by atoms with Crippen LogP contribution in [0.25, 0.3) is 0 Å². The Bertz CT molecular complexity index is 831. The van der Waals surface area contributed by atoms with Crippen LogP contribution < -0.4 is 5.32 Å². The first-order valence-electron chi connectivity index (χ1n) is 7.89. The van der Waals surface area contributed by atoms with E-state index in [0.29, 0.717) is 18.8 Å². The number of hydrogen-bond donors (Lipinski definition) is 1. The Morgan fingerprint density at radius 2 is 1.96 bits per heavy atom. The van der Waals surface area contributed by atoms with Crippen molar-refractivity contribution in [1.29, 1.82) is 0 Å². The summed E-state index contributed by atoms with van der Waals surface area (Å²) in [6.07, 6.45) is 0. The molecule has 0 saturated heterocycles. The van der Waals surface area contributed by atoms with Crippen molar-refractivity contribution in [2.24, 2.45) is 0 Å². The van der Waals surface area contributed by atoms with Crippen molar-refractivity contribution in [3.63, 3.8) is 0 Å². The molecule has 0 fully saturated rings. The average Bonchev–Trinajstić information content (AvgIpc) is 3.10. The third-order valence-electron chi connectivity index (χ3n) is 3.85. The van der Waals surface area contributed by atoms with Gasteiger partial charge in [-0.15, -0.1) is 11.3 Å². The summed E-state index contributed by atoms with van der Waals surface area (Å²) in [6.45, 7) is 5.97. The lowest BCUT2D eigenvalue weighted by atomic mass is 10.2. The number of anilines is 1. The number of sulfonamides is 1. The second-order valence-electron chi connectivity index (χ2n) is 5.41. The van der Waals surface area contributed by atoms with Gasteiger partial charge in [0.1, 0.15) is 5.69 Å². The Labute approximate surface area is 151 Å². The van der Waals surface area contributed by atoms with E-state index in [0.717, 1.165) is 10.9 Å². The van der Waals surface area contributed by atoms with E-state index in [9.17, 15) is 18.5 Å². The monoisotopic (exact) mass is 383 g/mol. The minimum Gasteiger partial charge on any atom is -0.372 e. The highest BCUT2D eigenvalue weighted by molar-refractivity contribution is 7.89. The molecule has 2 rings (SSSR count). The van der Waals surface area contributed by atoms with Crippen LogP contribution in [0.15, 0.2) is 40.6 Å². The van der Waals surface area contributed by atoms with Crippen LogP contribution in [0.1, 0.15) is 31.7 Å². The molecule has 136 valence electrons. The smallest absolute Gasteiger partial charge is 0.293 e. The van der Waals surface area contributed by atoms with E-state index in [1.807, 2.05) is 24.4 Å². The highest BCUT2D eigenvalue weighted by Gasteiger charge is 2.26. The van der Waals surface area contributed by atoms with Crippen LogP contribution in [0.2, 0.25) is 0 Å². The largest absolute Gasteiger partial charge is 0.372 e. The predicted octanol–water partition coefficient (Wildman–Crippen LogP) is 3.86. The normalized spacial score (nSPS) is 13.0. The third-order valence-corrected chi connectivity index (χ3v) is 6.95. The molecule has 0 aliphatic heterocycles. The molecule has 0 spiro atoms. The van der Waals surface area contributed by atoms with Crippen molar-refractivity contribution in [3.8, 4) is 0 Å². The molecule has 0 radical (unpaired) electrons. The van der Waals surface area contributed by atoms with Crippen molar-refractivity contribution in [1.82, 2.24) is 4.31 Å². The topological polar surface area (TPSA) is 92.6 Å². The molecule has 0 aliphatic carbocycles. The van der Waals surface area contributed by atoms with Gasteiger partial charge in [0.25, 0.3) is 5.69 Å². The molecule has 9 heteroatoms. The minimum absolute atomic E-state index is 0.0720. The maximum atomic E-state index is 12.6. The van der Waals surface area contributed by atoms with E-state index in [-0.39, 0.29) is 16.6 Å². The molecule has 1 aromatic heterocycles. The number of nitro benzene ring substituents is 1. The molecular formula is C16H21N3O4S2. The molecular weight excluding hydrogens is 362 g/mol. The van der Waals surface area contributed by atoms with Gasteiger partial charge in [-0.1, -0.05) is 19.9 Å². The van der Waals surface area contributed by atoms with E-state index < -0.39 is 14.9 Å². The summed E-state index contributed by atoms with van der Waals surface area (Å²) in [4.78, 5) is 11.8. The quantitative estimate of drug-likeness (QED) is 0.552. The van der Waals surface area contributed by atoms with Crippen LogP contribution in [0.5, 0.6) is 0 Å². The SMILES string of the molecule is CCN(CC)S(=O)(=O)c1ccc(N[C@@H](C)c2cccs2)c([N+](=O)[O-])c1. The Kier molecular flexibility index (Phi) is 6.15. The van der Waals surface area contributed by atoms with Crippen molar-refractivity contribution in [2.75, 3.05) is 18.4 Å². The lowest BCUT2D eigenvalue weighted by Gasteiger charge is -2.19. The van der Waals surface area contributed by atoms with Crippen LogP contribution in [-0.2, 0) is 10.0 Å². The van der Waals surface area contributed by atoms with Gasteiger partial charge in [-0.05, 0) is 30.5 Å². The van der Waals surface area contributed by atoms with E-state index in [1.54, 1.807) is 25.2 Å². The zero-order valence-electron chi connectivity index (χ0n) is 14.3. The van der Waals surface area contributed by atoms with Crippen molar-refractivity contribution >= 4 is 32.7 Å². The molecule has 1 N–H and O–H groups in total. The van der Waals surface area contributed by atoms with Crippen LogP contribution in [0.4, 0.5) is 11.4 Å². The Morgan fingerprint density at radius 3 is 2.48 bits per heavy atom. The molecule has 1 atom stereocenters. The first-order valence-corrected chi connectivity index (χ1v) is 10.2. The van der Waals surface area contributed by atoms with Crippen LogP contribution in [0, 0.1) is 10.1 Å². The van der Waals surface area contributed by atoms with Crippen molar-refractivity contribution in [3.05, 3.63) is 50.7 Å². The molecule has 2 aromatic rings. The Balaban J connectivity index is 2.40. The molecule has 0 unspecified atom stereocenters. The van der Waals surface area contributed by atoms with E-state index in [2.05, 4.69) is 5.32 Å². The van der Waals surface area contributed by atoms with E-state index >= 15 is 0 Å². The van der Waals surface area contributed by atoms with Gasteiger partial charge in [0, 0.05) is 24.0 Å². The summed E-state index contributed by atoms with van der Waals surface area (Å²) in [5.74, 6) is 0. The third kappa shape index (κ3) is 4.17. The lowest BCUT2D eigenvalue weighted by molar-refractivity contribution is -0.384. The second-order valence-corrected chi connectivity index (χ2v) is 8.32. The van der Waals surface area contributed by atoms with Crippen LogP contribution in [-0.4, -0.2) is 30.7 Å². The molecule has 0 bridgehead atoms. The fourth-order valence-corrected chi connectivity index (χ4v) is 4.71. The first-order chi connectivity index (χ1) is 11.8. The van der Waals surface area contributed by atoms with Crippen molar-refractivity contribution < 1.29 is 13.3 Å². The summed E-state index contributed by atoms with van der Waals surface area (Å²) in [5, 5.41) is 16.5. The fourth-order valence-electron chi connectivity index (χ4n) is 2.50. The van der Waals surface area contributed by atoms with Gasteiger partial charge < -0.3 is 5.32 Å². The standard InChI is InChI=1S/C16H21N3O4S2/c1-4-18(5-2)25(22,23)13-8-9-14(15(11-13)19(20)21)17-12(3)16-7-6-10-24-16/h6-12,17H,4-5H2,1-3H3/t12-/m0/s1. The fraction of sp³-hybridized carbons (Fsp3) is 0.375. The average molecular weight is 383 g/mol. The highest BCUT2D eigenvalue weighted by atomic mass is 32.2. The minimum atomic E-state index is -3.74. The maximum Gasteiger partial charge on any atom is 0.293 e. The number of nitro groups is 1. The Morgan fingerprint density at radius 1 is 1.28 bits per heavy atom. The number of rotatable bonds is 8. The molecule has 1 heterocycles. The van der Waals surface area contributed by atoms with Crippen LogP contribution in [0.3, 0.4) is 0 Å². The molecule has 0 aliphatic rings. The highest BCUT2D eigenvalue weighted by Crippen LogP contribution is 2.32. The van der Waals surface area contributed by atoms with E-state index in [4.69, 9.17) is 0 Å². The second kappa shape index (κ2) is 7.94. The summed E-state index contributed by atoms with van der Waals surface area (Å²) in [6, 6.07) is 7.71. The number of nitrogens with zero attached hydrogens (tertiary/aromatic N) is 2. The number of benzene rings is 1. The first kappa shape index (κ1) is 19.4. The predicted molar refractivity (Wildman–Crippen MR) is 99.6 cm³/mol. The molecule has 1 aromatic carbocycles. The lowest BCUT2D eigenvalue weighted by Crippen LogP contribution is -2.30. The van der Waals surface area contributed by atoms with Gasteiger partial charge in [-0.3, -0.25) is 10.1 Å². The molecule has 0 saturated carbocycles. The van der Waals surface area contributed by atoms with Gasteiger partial charge >= 0.3 is 0 Å². The number of hydrogen-bond acceptors (Lipinski definition) is 6. The number of thiophene rings is 1. The van der Waals surface area contributed by atoms with Crippen molar-refractivity contribution in [2.45, 2.75) is 31.7 Å². The van der Waals surface area contributed by atoms with E-state index in [1.165, 1.54) is 16.4 Å².